The quantitative estimate of drug-likeness (QED) is 0.185. The number of hydrogen-bond donors (Lipinski definition) is 0. The molecule has 0 fully saturated rings. The topological polar surface area (TPSA) is 52.6 Å². The van der Waals surface area contributed by atoms with Crippen molar-refractivity contribution in [2.45, 2.75) is 36.3 Å². The SMILES string of the molecule is O=C(I)C(F)(OC(F)(OC(F)(C(=O)I)C(F)(F)F)C(F)(F)F)C(F)(F)F. The van der Waals surface area contributed by atoms with Crippen molar-refractivity contribution in [3.05, 3.63) is 0 Å². The molecule has 0 aliphatic carbocycles. The number of carbonyl (C=O) groups excluding carboxylic acids is 2. The normalized spacial score (nSPS) is 20.7. The third-order valence-corrected chi connectivity index (χ3v) is 3.50. The van der Waals surface area contributed by atoms with Gasteiger partial charge in [0.1, 0.15) is 0 Å². The van der Waals surface area contributed by atoms with E-state index in [0.29, 0.717) is 0 Å². The minimum absolute atomic E-state index is 0.151. The van der Waals surface area contributed by atoms with Gasteiger partial charge in [0.25, 0.3) is 7.58 Å². The van der Waals surface area contributed by atoms with Crippen molar-refractivity contribution in [2.24, 2.45) is 0 Å². The fourth-order valence-electron chi connectivity index (χ4n) is 0.917. The van der Waals surface area contributed by atoms with Crippen molar-refractivity contribution < 1.29 is 71.7 Å². The molecular formula is C8F12I2O4. The van der Waals surface area contributed by atoms with E-state index < -0.39 is 43.9 Å². The number of rotatable bonds is 6. The van der Waals surface area contributed by atoms with Crippen LogP contribution in [-0.2, 0) is 19.1 Å². The van der Waals surface area contributed by atoms with Gasteiger partial charge in [0.05, 0.1) is 0 Å². The minimum Gasteiger partial charge on any atom is -0.281 e. The smallest absolute Gasteiger partial charge is 0.281 e. The van der Waals surface area contributed by atoms with E-state index in [4.69, 9.17) is 0 Å². The summed E-state index contributed by atoms with van der Waals surface area (Å²) in [7, 11) is 0. The second kappa shape index (κ2) is 7.37. The lowest BCUT2D eigenvalue weighted by Gasteiger charge is -2.37. The molecule has 154 valence electrons. The molecule has 2 unspecified atom stereocenters. The molecule has 0 rings (SSSR count). The van der Waals surface area contributed by atoms with Crippen LogP contribution in [0.25, 0.3) is 0 Å². The zero-order chi connectivity index (χ0) is 21.6. The Kier molecular flexibility index (Phi) is 7.33. The largest absolute Gasteiger partial charge is 0.478 e. The van der Waals surface area contributed by atoms with Gasteiger partial charge in [-0.05, 0) is 0 Å². The van der Waals surface area contributed by atoms with Gasteiger partial charge in [-0.2, -0.15) is 52.7 Å². The lowest BCUT2D eigenvalue weighted by Crippen LogP contribution is -2.63. The summed E-state index contributed by atoms with van der Waals surface area (Å²) in [5.41, 5.74) is 0. The van der Waals surface area contributed by atoms with Gasteiger partial charge < -0.3 is 0 Å². The summed E-state index contributed by atoms with van der Waals surface area (Å²) in [6.45, 7) is 0. The van der Waals surface area contributed by atoms with Gasteiger partial charge in [0.2, 0.25) is 0 Å². The van der Waals surface area contributed by atoms with Crippen LogP contribution in [0.15, 0.2) is 0 Å². The molecule has 0 radical (unpaired) electrons. The molecule has 0 aromatic heterocycles. The van der Waals surface area contributed by atoms with Gasteiger partial charge in [-0.3, -0.25) is 19.1 Å². The summed E-state index contributed by atoms with van der Waals surface area (Å²) in [6.07, 6.45) is -20.7. The number of carbonyl (C=O) groups is 2. The number of halogens is 14. The fourth-order valence-corrected chi connectivity index (χ4v) is 1.75. The van der Waals surface area contributed by atoms with Crippen LogP contribution < -0.4 is 0 Å². The summed E-state index contributed by atoms with van der Waals surface area (Å²) in [4.78, 5) is 21.2. The summed E-state index contributed by atoms with van der Waals surface area (Å²) >= 11 is -0.303. The Bertz CT molecular complexity index is 531. The van der Waals surface area contributed by atoms with Crippen molar-refractivity contribution in [3.63, 3.8) is 0 Å². The summed E-state index contributed by atoms with van der Waals surface area (Å²) < 4.78 is 151. The van der Waals surface area contributed by atoms with Crippen molar-refractivity contribution in [1.29, 1.82) is 0 Å². The molecule has 2 atom stereocenters. The van der Waals surface area contributed by atoms with Crippen molar-refractivity contribution in [1.82, 2.24) is 0 Å². The van der Waals surface area contributed by atoms with E-state index in [0.717, 1.165) is 0 Å². The molecule has 0 amide bonds. The highest BCUT2D eigenvalue weighted by atomic mass is 127. The van der Waals surface area contributed by atoms with Crippen molar-refractivity contribution in [2.75, 3.05) is 0 Å². The molecule has 0 saturated heterocycles. The highest BCUT2D eigenvalue weighted by molar-refractivity contribution is 14.1. The third-order valence-electron chi connectivity index (χ3n) is 2.12. The average molecular weight is 642 g/mol. The lowest BCUT2D eigenvalue weighted by molar-refractivity contribution is -0.525. The van der Waals surface area contributed by atoms with E-state index >= 15 is 0 Å². The van der Waals surface area contributed by atoms with Crippen LogP contribution in [0.1, 0.15) is 0 Å². The monoisotopic (exact) mass is 642 g/mol. The first-order valence-corrected chi connectivity index (χ1v) is 7.28. The van der Waals surface area contributed by atoms with Gasteiger partial charge in [0.15, 0.2) is 0 Å². The van der Waals surface area contributed by atoms with Gasteiger partial charge in [-0.25, -0.2) is 0 Å². The number of ether oxygens (including phenoxy) is 2. The number of hydrogen-bond acceptors (Lipinski definition) is 4. The maximum absolute atomic E-state index is 13.7. The Morgan fingerprint density at radius 1 is 0.538 bits per heavy atom. The Morgan fingerprint density at radius 2 is 0.769 bits per heavy atom. The Hall–Kier alpha value is -0.120. The molecule has 0 aliphatic rings. The molecule has 0 spiro atoms. The predicted octanol–water partition coefficient (Wildman–Crippen LogP) is 4.58. The van der Waals surface area contributed by atoms with Gasteiger partial charge in [-0.15, -0.1) is 0 Å². The Morgan fingerprint density at radius 3 is 0.885 bits per heavy atom. The summed E-state index contributed by atoms with van der Waals surface area (Å²) in [5.74, 6) is -12.4. The first-order valence-electron chi connectivity index (χ1n) is 5.12. The second-order valence-corrected chi connectivity index (χ2v) is 5.93. The van der Waals surface area contributed by atoms with Gasteiger partial charge in [0, 0.05) is 45.2 Å². The van der Waals surface area contributed by atoms with E-state index in [2.05, 4.69) is 9.47 Å². The molecule has 26 heavy (non-hydrogen) atoms. The zero-order valence-corrected chi connectivity index (χ0v) is 15.2. The molecule has 0 saturated carbocycles. The first-order chi connectivity index (χ1) is 11.1. The van der Waals surface area contributed by atoms with E-state index in [1.54, 1.807) is 0 Å². The number of alkyl halides is 12. The van der Waals surface area contributed by atoms with E-state index in [1.165, 1.54) is 0 Å². The van der Waals surface area contributed by atoms with E-state index in [-0.39, 0.29) is 45.2 Å². The molecule has 0 N–H and O–H groups in total. The molecule has 0 bridgehead atoms. The van der Waals surface area contributed by atoms with E-state index in [1.807, 2.05) is 0 Å². The molecule has 0 aromatic rings. The zero-order valence-electron chi connectivity index (χ0n) is 10.9. The van der Waals surface area contributed by atoms with Crippen LogP contribution in [0.5, 0.6) is 0 Å². The fraction of sp³-hybridized carbons (Fsp3) is 0.750. The lowest BCUT2D eigenvalue weighted by atomic mass is 10.3. The summed E-state index contributed by atoms with van der Waals surface area (Å²) in [6, 6.07) is -6.86. The van der Waals surface area contributed by atoms with Crippen molar-refractivity contribution >= 4 is 52.8 Å². The molecule has 0 aliphatic heterocycles. The average Bonchev–Trinajstić information content (AvgIpc) is 2.33. The summed E-state index contributed by atoms with van der Waals surface area (Å²) in [5, 5.41) is 0. The second-order valence-electron chi connectivity index (χ2n) is 3.97. The van der Waals surface area contributed by atoms with Crippen LogP contribution in [0, 0.1) is 0 Å². The third kappa shape index (κ3) is 4.83. The minimum atomic E-state index is -7.13. The van der Waals surface area contributed by atoms with Crippen LogP contribution in [0.2, 0.25) is 0 Å². The predicted molar refractivity (Wildman–Crippen MR) is 69.9 cm³/mol. The van der Waals surface area contributed by atoms with Gasteiger partial charge in [-0.1, -0.05) is 0 Å². The maximum atomic E-state index is 13.7. The van der Waals surface area contributed by atoms with Crippen molar-refractivity contribution in [3.8, 4) is 0 Å². The van der Waals surface area contributed by atoms with Gasteiger partial charge >= 0.3 is 36.3 Å². The molecule has 18 heteroatoms. The molecular weight excluding hydrogens is 642 g/mol. The van der Waals surface area contributed by atoms with E-state index in [9.17, 15) is 62.3 Å². The highest BCUT2D eigenvalue weighted by Crippen LogP contribution is 2.50. The maximum Gasteiger partial charge on any atom is 0.478 e. The van der Waals surface area contributed by atoms with Crippen LogP contribution in [0.3, 0.4) is 0 Å². The molecule has 4 nitrogen and oxygen atoms in total. The Balaban J connectivity index is 6.44. The standard InChI is InChI=1S/C8F12I2O4/c9-3(1(21)23,5(11,12)13)25-8(20,7(17,18)19)26-4(10,2(22)24)6(14,15)16. The Labute approximate surface area is 160 Å². The highest BCUT2D eigenvalue weighted by Gasteiger charge is 2.77. The molecule has 0 heterocycles. The van der Waals surface area contributed by atoms with Crippen LogP contribution in [-0.4, -0.2) is 43.9 Å². The first kappa shape index (κ1) is 25.9. The molecule has 0 aromatic carbocycles. The van der Waals surface area contributed by atoms with Crippen LogP contribution in [0.4, 0.5) is 52.7 Å². The van der Waals surface area contributed by atoms with Crippen LogP contribution >= 0.6 is 45.2 Å².